The summed E-state index contributed by atoms with van der Waals surface area (Å²) >= 11 is 0. The van der Waals surface area contributed by atoms with E-state index in [-0.39, 0.29) is 6.61 Å². The monoisotopic (exact) mass is 227 g/mol. The first kappa shape index (κ1) is 10.1. The van der Waals surface area contributed by atoms with Gasteiger partial charge in [-0.05, 0) is 6.07 Å². The fraction of sp³-hybridized carbons (Fsp3) is 0.250. The first-order valence-corrected chi connectivity index (χ1v) is 6.00. The SMILES string of the molecule is CS(=O)(=O)OCc1ccn2nccc2n1. The molecule has 2 aromatic heterocycles. The zero-order chi connectivity index (χ0) is 10.9. The van der Waals surface area contributed by atoms with E-state index < -0.39 is 10.1 Å². The molecule has 0 N–H and O–H groups in total. The summed E-state index contributed by atoms with van der Waals surface area (Å²) in [6, 6.07) is 3.38. The molecule has 80 valence electrons. The molecule has 0 aliphatic heterocycles. The van der Waals surface area contributed by atoms with Crippen LogP contribution in [0.15, 0.2) is 24.5 Å². The van der Waals surface area contributed by atoms with Crippen LogP contribution in [0.3, 0.4) is 0 Å². The van der Waals surface area contributed by atoms with Gasteiger partial charge in [-0.2, -0.15) is 13.5 Å². The maximum Gasteiger partial charge on any atom is 0.264 e. The summed E-state index contributed by atoms with van der Waals surface area (Å²) in [6.07, 6.45) is 4.32. The number of nitrogens with zero attached hydrogens (tertiary/aromatic N) is 3. The van der Waals surface area contributed by atoms with Crippen LogP contribution in [0, 0.1) is 0 Å². The van der Waals surface area contributed by atoms with Gasteiger partial charge in [-0.25, -0.2) is 9.50 Å². The van der Waals surface area contributed by atoms with E-state index in [0.29, 0.717) is 11.3 Å². The van der Waals surface area contributed by atoms with Crippen LogP contribution in [0.4, 0.5) is 0 Å². The molecule has 15 heavy (non-hydrogen) atoms. The van der Waals surface area contributed by atoms with Gasteiger partial charge in [0.05, 0.1) is 18.1 Å². The third kappa shape index (κ3) is 2.51. The summed E-state index contributed by atoms with van der Waals surface area (Å²) in [5.41, 5.74) is 1.21. The van der Waals surface area contributed by atoms with Crippen molar-refractivity contribution in [3.05, 3.63) is 30.2 Å². The van der Waals surface area contributed by atoms with Crippen molar-refractivity contribution in [2.24, 2.45) is 0 Å². The maximum atomic E-state index is 10.8. The van der Waals surface area contributed by atoms with E-state index in [1.807, 2.05) is 0 Å². The highest BCUT2D eigenvalue weighted by molar-refractivity contribution is 7.85. The molecule has 7 heteroatoms. The van der Waals surface area contributed by atoms with Gasteiger partial charge in [-0.1, -0.05) is 0 Å². The molecule has 2 rings (SSSR count). The molecule has 0 fully saturated rings. The molecule has 0 aliphatic carbocycles. The lowest BCUT2D eigenvalue weighted by atomic mass is 10.4. The van der Waals surface area contributed by atoms with Crippen molar-refractivity contribution in [1.29, 1.82) is 0 Å². The molecule has 2 heterocycles. The topological polar surface area (TPSA) is 73.6 Å². The van der Waals surface area contributed by atoms with Gasteiger partial charge in [-0.15, -0.1) is 0 Å². The smallest absolute Gasteiger partial charge is 0.264 e. The molecule has 2 aromatic rings. The second kappa shape index (κ2) is 3.59. The van der Waals surface area contributed by atoms with Gasteiger partial charge in [0.25, 0.3) is 10.1 Å². The third-order valence-corrected chi connectivity index (χ3v) is 2.28. The molecule has 0 saturated carbocycles. The third-order valence-electron chi connectivity index (χ3n) is 1.74. The summed E-state index contributed by atoms with van der Waals surface area (Å²) in [7, 11) is -3.42. The van der Waals surface area contributed by atoms with Crippen molar-refractivity contribution in [2.75, 3.05) is 6.26 Å². The maximum absolute atomic E-state index is 10.8. The van der Waals surface area contributed by atoms with Gasteiger partial charge in [0.15, 0.2) is 5.65 Å². The Kier molecular flexibility index (Phi) is 2.41. The molecule has 0 amide bonds. The van der Waals surface area contributed by atoms with Crippen LogP contribution < -0.4 is 0 Å². The van der Waals surface area contributed by atoms with Crippen LogP contribution >= 0.6 is 0 Å². The average Bonchev–Trinajstić information content (AvgIpc) is 2.60. The van der Waals surface area contributed by atoms with Gasteiger partial charge in [0, 0.05) is 12.3 Å². The Bertz CT molecular complexity index is 576. The number of fused-ring (bicyclic) bond motifs is 1. The number of hydrogen-bond acceptors (Lipinski definition) is 5. The lowest BCUT2D eigenvalue weighted by molar-refractivity contribution is 0.307. The minimum absolute atomic E-state index is 0.0550. The Hall–Kier alpha value is -1.47. The minimum atomic E-state index is -3.42. The van der Waals surface area contributed by atoms with E-state index in [9.17, 15) is 8.42 Å². The van der Waals surface area contributed by atoms with Gasteiger partial charge < -0.3 is 0 Å². The summed E-state index contributed by atoms with van der Waals surface area (Å²) < 4.78 is 27.7. The largest absolute Gasteiger partial charge is 0.264 e. The molecule has 0 aliphatic rings. The predicted molar refractivity (Wildman–Crippen MR) is 52.6 cm³/mol. The van der Waals surface area contributed by atoms with Crippen LogP contribution in [0.5, 0.6) is 0 Å². The Morgan fingerprint density at radius 1 is 1.47 bits per heavy atom. The molecule has 0 radical (unpaired) electrons. The van der Waals surface area contributed by atoms with Crippen LogP contribution in [0.1, 0.15) is 5.69 Å². The first-order valence-electron chi connectivity index (χ1n) is 4.18. The van der Waals surface area contributed by atoms with Gasteiger partial charge in [0.2, 0.25) is 0 Å². The second-order valence-corrected chi connectivity index (χ2v) is 4.66. The highest BCUT2D eigenvalue weighted by Gasteiger charge is 2.04. The number of rotatable bonds is 3. The highest BCUT2D eigenvalue weighted by atomic mass is 32.2. The summed E-state index contributed by atoms with van der Waals surface area (Å²) in [6.45, 7) is -0.0550. The standard InChI is InChI=1S/C8H9N3O3S/c1-15(12,13)14-6-7-3-5-11-8(10-7)2-4-9-11/h2-5H,6H2,1H3. The quantitative estimate of drug-likeness (QED) is 0.700. The van der Waals surface area contributed by atoms with Crippen LogP contribution in [-0.4, -0.2) is 29.3 Å². The second-order valence-electron chi connectivity index (χ2n) is 3.02. The van der Waals surface area contributed by atoms with Crippen molar-refractivity contribution in [3.63, 3.8) is 0 Å². The summed E-state index contributed by atoms with van der Waals surface area (Å²) in [4.78, 5) is 4.15. The van der Waals surface area contributed by atoms with E-state index in [2.05, 4.69) is 14.3 Å². The van der Waals surface area contributed by atoms with Gasteiger partial charge >= 0.3 is 0 Å². The minimum Gasteiger partial charge on any atom is -0.264 e. The highest BCUT2D eigenvalue weighted by Crippen LogP contribution is 2.03. The molecule has 0 spiro atoms. The lowest BCUT2D eigenvalue weighted by Gasteiger charge is -2.00. The van der Waals surface area contributed by atoms with Gasteiger partial charge in [0.1, 0.15) is 6.61 Å². The molecule has 0 unspecified atom stereocenters. The van der Waals surface area contributed by atoms with E-state index >= 15 is 0 Å². The molecule has 0 bridgehead atoms. The van der Waals surface area contributed by atoms with Crippen molar-refractivity contribution in [1.82, 2.24) is 14.6 Å². The molecule has 6 nitrogen and oxygen atoms in total. The number of aromatic nitrogens is 3. The lowest BCUT2D eigenvalue weighted by Crippen LogP contribution is -2.04. The zero-order valence-electron chi connectivity index (χ0n) is 7.99. The van der Waals surface area contributed by atoms with Crippen LogP contribution in [0.2, 0.25) is 0 Å². The van der Waals surface area contributed by atoms with E-state index in [0.717, 1.165) is 6.26 Å². The van der Waals surface area contributed by atoms with Gasteiger partial charge in [-0.3, -0.25) is 4.18 Å². The fourth-order valence-corrected chi connectivity index (χ4v) is 1.43. The van der Waals surface area contributed by atoms with Crippen LogP contribution in [-0.2, 0) is 20.9 Å². The van der Waals surface area contributed by atoms with E-state index in [1.165, 1.54) is 0 Å². The molecule has 0 aromatic carbocycles. The zero-order valence-corrected chi connectivity index (χ0v) is 8.81. The Balaban J connectivity index is 2.21. The summed E-state index contributed by atoms with van der Waals surface area (Å²) in [5, 5.41) is 3.96. The first-order chi connectivity index (χ1) is 7.04. The van der Waals surface area contributed by atoms with E-state index in [1.54, 1.807) is 29.0 Å². The van der Waals surface area contributed by atoms with Crippen molar-refractivity contribution < 1.29 is 12.6 Å². The molecule has 0 saturated heterocycles. The summed E-state index contributed by atoms with van der Waals surface area (Å²) in [5.74, 6) is 0. The predicted octanol–water partition coefficient (Wildman–Crippen LogP) is 0.205. The fourth-order valence-electron chi connectivity index (χ4n) is 1.10. The number of hydrogen-bond donors (Lipinski definition) is 0. The molecular weight excluding hydrogens is 218 g/mol. The Morgan fingerprint density at radius 3 is 3.00 bits per heavy atom. The average molecular weight is 227 g/mol. The molecular formula is C8H9N3O3S. The van der Waals surface area contributed by atoms with Crippen molar-refractivity contribution in [3.8, 4) is 0 Å². The van der Waals surface area contributed by atoms with E-state index in [4.69, 9.17) is 0 Å². The normalized spacial score (nSPS) is 12.1. The van der Waals surface area contributed by atoms with Crippen LogP contribution in [0.25, 0.3) is 5.65 Å². The van der Waals surface area contributed by atoms with Crippen molar-refractivity contribution in [2.45, 2.75) is 6.61 Å². The Labute approximate surface area is 86.6 Å². The Morgan fingerprint density at radius 2 is 2.27 bits per heavy atom. The molecule has 0 atom stereocenters. The van der Waals surface area contributed by atoms with Crippen molar-refractivity contribution >= 4 is 15.8 Å².